The maximum absolute atomic E-state index is 5.94. The summed E-state index contributed by atoms with van der Waals surface area (Å²) in [7, 11) is 0. The highest BCUT2D eigenvalue weighted by Gasteiger charge is 2.08. The number of pyridine rings is 1. The maximum Gasteiger partial charge on any atom is 0.169 e. The van der Waals surface area contributed by atoms with Crippen molar-refractivity contribution >= 4 is 45.6 Å². The molecule has 5 heteroatoms. The molecule has 3 nitrogen and oxygen atoms in total. The fraction of sp³-hybridized carbons (Fsp3) is 0.250. The van der Waals surface area contributed by atoms with E-state index in [2.05, 4.69) is 32.8 Å². The van der Waals surface area contributed by atoms with Gasteiger partial charge >= 0.3 is 0 Å². The van der Waals surface area contributed by atoms with Crippen LogP contribution in [-0.2, 0) is 0 Å². The van der Waals surface area contributed by atoms with E-state index in [9.17, 15) is 0 Å². The number of aryl methyl sites for hydroxylation is 2. The summed E-state index contributed by atoms with van der Waals surface area (Å²) in [5, 5.41) is 0.669. The van der Waals surface area contributed by atoms with Gasteiger partial charge in [0, 0.05) is 0 Å². The third-order valence-electron chi connectivity index (χ3n) is 1.86. The predicted octanol–water partition coefficient (Wildman–Crippen LogP) is 2.90. The van der Waals surface area contributed by atoms with Gasteiger partial charge in [-0.2, -0.15) is 0 Å². The SMILES string of the molecule is Cc1nc2c(cc1Cl)nc(C)n2I. The lowest BCUT2D eigenvalue weighted by Gasteiger charge is -1.96. The third kappa shape index (κ3) is 1.42. The van der Waals surface area contributed by atoms with Gasteiger partial charge in [-0.25, -0.2) is 9.97 Å². The van der Waals surface area contributed by atoms with E-state index in [0.29, 0.717) is 5.02 Å². The predicted molar refractivity (Wildman–Crippen MR) is 61.4 cm³/mol. The molecular weight excluding hydrogens is 300 g/mol. The van der Waals surface area contributed by atoms with Gasteiger partial charge in [0.15, 0.2) is 5.65 Å². The van der Waals surface area contributed by atoms with Gasteiger partial charge in [-0.1, -0.05) is 11.6 Å². The molecule has 0 atom stereocenters. The van der Waals surface area contributed by atoms with Crippen molar-refractivity contribution in [3.63, 3.8) is 0 Å². The molecule has 2 aromatic rings. The molecule has 0 saturated heterocycles. The Morgan fingerprint density at radius 3 is 2.77 bits per heavy atom. The highest BCUT2D eigenvalue weighted by molar-refractivity contribution is 14.1. The van der Waals surface area contributed by atoms with Crippen molar-refractivity contribution in [2.45, 2.75) is 13.8 Å². The van der Waals surface area contributed by atoms with Crippen LogP contribution < -0.4 is 0 Å². The Kier molecular flexibility index (Phi) is 2.19. The van der Waals surface area contributed by atoms with Crippen molar-refractivity contribution < 1.29 is 0 Å². The summed E-state index contributed by atoms with van der Waals surface area (Å²) in [5.74, 6) is 0.935. The van der Waals surface area contributed by atoms with E-state index >= 15 is 0 Å². The van der Waals surface area contributed by atoms with Crippen molar-refractivity contribution in [2.24, 2.45) is 0 Å². The lowest BCUT2D eigenvalue weighted by molar-refractivity contribution is 1.13. The van der Waals surface area contributed by atoms with Gasteiger partial charge in [-0.15, -0.1) is 0 Å². The van der Waals surface area contributed by atoms with Gasteiger partial charge in [0.1, 0.15) is 11.3 Å². The summed E-state index contributed by atoms with van der Waals surface area (Å²) in [6.45, 7) is 3.83. The summed E-state index contributed by atoms with van der Waals surface area (Å²) < 4.78 is 1.93. The molecule has 0 aliphatic heterocycles. The Labute approximate surface area is 94.6 Å². The molecule has 0 spiro atoms. The number of hydrogen-bond acceptors (Lipinski definition) is 2. The molecule has 0 radical (unpaired) electrons. The van der Waals surface area contributed by atoms with Crippen LogP contribution in [0.5, 0.6) is 0 Å². The lowest BCUT2D eigenvalue weighted by atomic mass is 10.3. The van der Waals surface area contributed by atoms with E-state index < -0.39 is 0 Å². The number of fused-ring (bicyclic) bond motifs is 1. The largest absolute Gasteiger partial charge is 0.252 e. The molecule has 0 unspecified atom stereocenters. The van der Waals surface area contributed by atoms with Crippen molar-refractivity contribution in [1.82, 2.24) is 12.7 Å². The number of aromatic nitrogens is 3. The van der Waals surface area contributed by atoms with E-state index in [0.717, 1.165) is 22.7 Å². The second kappa shape index (κ2) is 3.09. The van der Waals surface area contributed by atoms with E-state index in [1.54, 1.807) is 0 Å². The monoisotopic (exact) mass is 307 g/mol. The molecule has 0 amide bonds. The molecular formula is C8H7ClIN3. The molecule has 0 bridgehead atoms. The number of rotatable bonds is 0. The Hall–Kier alpha value is -0.360. The first-order valence-corrected chi connectivity index (χ1v) is 5.12. The number of imidazole rings is 1. The summed E-state index contributed by atoms with van der Waals surface area (Å²) in [5.41, 5.74) is 2.56. The molecule has 0 saturated carbocycles. The zero-order valence-corrected chi connectivity index (χ0v) is 10.1. The van der Waals surface area contributed by atoms with E-state index in [4.69, 9.17) is 11.6 Å². The normalized spacial score (nSPS) is 11.1. The highest BCUT2D eigenvalue weighted by atomic mass is 127. The Morgan fingerprint density at radius 2 is 2.08 bits per heavy atom. The summed E-state index contributed by atoms with van der Waals surface area (Å²) in [4.78, 5) is 8.68. The lowest BCUT2D eigenvalue weighted by Crippen LogP contribution is -1.87. The highest BCUT2D eigenvalue weighted by Crippen LogP contribution is 2.22. The standard InChI is InChI=1S/C8H7ClIN3/c1-4-6(9)3-7-8(11-4)13(10)5(2)12-7/h3H,1-2H3. The summed E-state index contributed by atoms with van der Waals surface area (Å²) in [6.07, 6.45) is 0. The minimum atomic E-state index is 0.669. The maximum atomic E-state index is 5.94. The van der Waals surface area contributed by atoms with E-state index in [1.165, 1.54) is 0 Å². The van der Waals surface area contributed by atoms with E-state index in [-0.39, 0.29) is 0 Å². The molecule has 2 rings (SSSR count). The van der Waals surface area contributed by atoms with Crippen molar-refractivity contribution in [3.8, 4) is 0 Å². The van der Waals surface area contributed by atoms with Gasteiger partial charge in [-0.05, 0) is 19.9 Å². The van der Waals surface area contributed by atoms with Crippen LogP contribution in [-0.4, -0.2) is 12.7 Å². The molecule has 0 N–H and O–H groups in total. The molecule has 0 aliphatic carbocycles. The number of halogens is 2. The van der Waals surface area contributed by atoms with Crippen LogP contribution >= 0.6 is 34.5 Å². The molecule has 2 heterocycles. The van der Waals surface area contributed by atoms with Gasteiger partial charge in [0.2, 0.25) is 0 Å². The van der Waals surface area contributed by atoms with Gasteiger partial charge in [0.25, 0.3) is 0 Å². The molecule has 0 aromatic carbocycles. The first-order chi connectivity index (χ1) is 6.09. The first kappa shape index (κ1) is 9.21. The van der Waals surface area contributed by atoms with Crippen LogP contribution in [0.2, 0.25) is 5.02 Å². The average Bonchev–Trinajstić information content (AvgIpc) is 2.32. The van der Waals surface area contributed by atoms with Gasteiger partial charge in [-0.3, -0.25) is 2.78 Å². The Bertz CT molecular complexity index is 478. The number of hydrogen-bond donors (Lipinski definition) is 0. The number of nitrogens with zero attached hydrogens (tertiary/aromatic N) is 3. The molecule has 0 aliphatic rings. The fourth-order valence-corrected chi connectivity index (χ4v) is 1.77. The summed E-state index contributed by atoms with van der Waals surface area (Å²) >= 11 is 8.11. The van der Waals surface area contributed by atoms with E-state index in [1.807, 2.05) is 22.7 Å². The third-order valence-corrected chi connectivity index (χ3v) is 3.40. The zero-order chi connectivity index (χ0) is 9.59. The second-order valence-corrected chi connectivity index (χ2v) is 4.21. The smallest absolute Gasteiger partial charge is 0.169 e. The molecule has 0 fully saturated rings. The van der Waals surface area contributed by atoms with Crippen LogP contribution in [0.1, 0.15) is 11.5 Å². The topological polar surface area (TPSA) is 30.7 Å². The van der Waals surface area contributed by atoms with Gasteiger partial charge < -0.3 is 0 Å². The summed E-state index contributed by atoms with van der Waals surface area (Å²) in [6, 6.07) is 1.85. The van der Waals surface area contributed by atoms with Crippen molar-refractivity contribution in [1.29, 1.82) is 0 Å². The van der Waals surface area contributed by atoms with Crippen molar-refractivity contribution in [3.05, 3.63) is 22.6 Å². The Balaban J connectivity index is 2.89. The average molecular weight is 308 g/mol. The van der Waals surface area contributed by atoms with Crippen LogP contribution in [0.3, 0.4) is 0 Å². The molecule has 68 valence electrons. The van der Waals surface area contributed by atoms with Crippen LogP contribution in [0.15, 0.2) is 6.07 Å². The molecule has 13 heavy (non-hydrogen) atoms. The van der Waals surface area contributed by atoms with Gasteiger partial charge in [0.05, 0.1) is 33.6 Å². The minimum absolute atomic E-state index is 0.669. The van der Waals surface area contributed by atoms with Crippen molar-refractivity contribution in [2.75, 3.05) is 0 Å². The zero-order valence-electron chi connectivity index (χ0n) is 7.17. The fourth-order valence-electron chi connectivity index (χ4n) is 1.16. The van der Waals surface area contributed by atoms with Crippen LogP contribution in [0.25, 0.3) is 11.2 Å². The first-order valence-electron chi connectivity index (χ1n) is 3.78. The van der Waals surface area contributed by atoms with Crippen LogP contribution in [0, 0.1) is 13.8 Å². The Morgan fingerprint density at radius 1 is 1.38 bits per heavy atom. The van der Waals surface area contributed by atoms with Crippen LogP contribution in [0.4, 0.5) is 0 Å². The molecule has 2 aromatic heterocycles. The minimum Gasteiger partial charge on any atom is -0.252 e. The second-order valence-electron chi connectivity index (χ2n) is 2.84. The quantitative estimate of drug-likeness (QED) is 0.701.